The average molecular weight is 383 g/mol. The van der Waals surface area contributed by atoms with E-state index in [1.165, 1.54) is 6.08 Å². The topological polar surface area (TPSA) is 78.0 Å². The van der Waals surface area contributed by atoms with Gasteiger partial charge in [0.15, 0.2) is 11.6 Å². The van der Waals surface area contributed by atoms with Crippen molar-refractivity contribution in [2.24, 2.45) is 7.05 Å². The molecule has 1 aliphatic rings. The van der Waals surface area contributed by atoms with Gasteiger partial charge in [0.2, 0.25) is 11.5 Å². The van der Waals surface area contributed by atoms with Gasteiger partial charge in [-0.1, -0.05) is 42.5 Å². The molecule has 2 heterocycles. The molecule has 0 radical (unpaired) electrons. The largest absolute Gasteiger partial charge is 0.417 e. The van der Waals surface area contributed by atoms with E-state index in [9.17, 15) is 9.59 Å². The molecule has 0 saturated heterocycles. The maximum Gasteiger partial charge on any atom is 0.267 e. The Balaban J connectivity index is 1.58. The lowest BCUT2D eigenvalue weighted by Crippen LogP contribution is -2.01. The lowest BCUT2D eigenvalue weighted by Gasteiger charge is -2.03. The number of aromatic nitrogens is 3. The van der Waals surface area contributed by atoms with Crippen LogP contribution in [0, 0.1) is 13.8 Å². The standard InChI is InChI=1S/C23H17N3O3/c1-12-9-10-13(2)18-17(12)19(27)15(20(18)28)11-16-24-22-23(29-16)25-21(26(22)3)14-7-5-4-6-8-14/h4-11H,1-3H3. The van der Waals surface area contributed by atoms with E-state index in [0.29, 0.717) is 22.5 Å². The first-order chi connectivity index (χ1) is 14.0. The number of carbonyl (C=O) groups excluding carboxylic acids is 2. The molecule has 0 bridgehead atoms. The predicted octanol–water partition coefficient (Wildman–Crippen LogP) is 4.31. The summed E-state index contributed by atoms with van der Waals surface area (Å²) in [6, 6.07) is 13.5. The first-order valence-electron chi connectivity index (χ1n) is 9.25. The molecule has 0 fully saturated rings. The molecule has 0 atom stereocenters. The first-order valence-corrected chi connectivity index (χ1v) is 9.25. The molecule has 5 rings (SSSR count). The number of hydrogen-bond donors (Lipinski definition) is 0. The molecular formula is C23H17N3O3. The van der Waals surface area contributed by atoms with Crippen molar-refractivity contribution in [1.29, 1.82) is 0 Å². The average Bonchev–Trinajstić information content (AvgIpc) is 3.33. The van der Waals surface area contributed by atoms with Crippen molar-refractivity contribution < 1.29 is 14.0 Å². The van der Waals surface area contributed by atoms with E-state index < -0.39 is 0 Å². The Morgan fingerprint density at radius 3 is 2.10 bits per heavy atom. The molecule has 0 amide bonds. The number of imidazole rings is 1. The van der Waals surface area contributed by atoms with Crippen molar-refractivity contribution in [2.45, 2.75) is 13.8 Å². The summed E-state index contributed by atoms with van der Waals surface area (Å²) in [4.78, 5) is 34.7. The lowest BCUT2D eigenvalue weighted by molar-refractivity contribution is 0.0990. The zero-order valence-corrected chi connectivity index (χ0v) is 16.2. The smallest absolute Gasteiger partial charge is 0.267 e. The van der Waals surface area contributed by atoms with Crippen LogP contribution in [-0.2, 0) is 7.05 Å². The fourth-order valence-electron chi connectivity index (χ4n) is 3.81. The Morgan fingerprint density at radius 1 is 0.897 bits per heavy atom. The van der Waals surface area contributed by atoms with Gasteiger partial charge < -0.3 is 8.98 Å². The predicted molar refractivity (Wildman–Crippen MR) is 109 cm³/mol. The van der Waals surface area contributed by atoms with Crippen molar-refractivity contribution in [3.8, 4) is 11.4 Å². The van der Waals surface area contributed by atoms with Gasteiger partial charge in [0.25, 0.3) is 5.71 Å². The van der Waals surface area contributed by atoms with E-state index in [1.807, 2.05) is 67.9 Å². The third kappa shape index (κ3) is 2.49. The third-order valence-corrected chi connectivity index (χ3v) is 5.32. The van der Waals surface area contributed by atoms with Crippen LogP contribution in [0.15, 0.2) is 52.5 Å². The summed E-state index contributed by atoms with van der Waals surface area (Å²) >= 11 is 0. The van der Waals surface area contributed by atoms with Gasteiger partial charge in [0.1, 0.15) is 5.82 Å². The maximum absolute atomic E-state index is 12.9. The number of carbonyl (C=O) groups is 2. The molecule has 0 saturated carbocycles. The molecule has 6 nitrogen and oxygen atoms in total. The third-order valence-electron chi connectivity index (χ3n) is 5.32. The van der Waals surface area contributed by atoms with Crippen LogP contribution >= 0.6 is 0 Å². The van der Waals surface area contributed by atoms with Crippen LogP contribution in [0.2, 0.25) is 0 Å². The second-order valence-corrected chi connectivity index (χ2v) is 7.21. The summed E-state index contributed by atoms with van der Waals surface area (Å²) in [7, 11) is 1.85. The zero-order valence-electron chi connectivity index (χ0n) is 16.2. The molecule has 0 spiro atoms. The summed E-state index contributed by atoms with van der Waals surface area (Å²) in [5.74, 6) is 0.355. The number of fused-ring (bicyclic) bond motifs is 2. The fourth-order valence-corrected chi connectivity index (χ4v) is 3.81. The SMILES string of the molecule is Cc1ccc(C)c2c1C(=O)C(=Cc1nc3c(nc(-c4ccccc4)n3C)o1)C2=O. The Morgan fingerprint density at radius 2 is 1.52 bits per heavy atom. The Kier molecular flexibility index (Phi) is 3.64. The number of allylic oxidation sites excluding steroid dienone is 1. The summed E-state index contributed by atoms with van der Waals surface area (Å²) < 4.78 is 7.58. The number of oxazole rings is 1. The highest BCUT2D eigenvalue weighted by Crippen LogP contribution is 2.33. The molecule has 142 valence electrons. The number of ketones is 2. The van der Waals surface area contributed by atoms with Crippen LogP contribution in [0.5, 0.6) is 0 Å². The van der Waals surface area contributed by atoms with Gasteiger partial charge in [-0.3, -0.25) is 9.59 Å². The number of aryl methyl sites for hydroxylation is 3. The molecule has 0 unspecified atom stereocenters. The minimum atomic E-state index is -0.286. The van der Waals surface area contributed by atoms with Gasteiger partial charge in [-0.05, 0) is 25.0 Å². The number of Topliss-reactive ketones (excluding diaryl/α,β-unsaturated/α-hetero) is 2. The molecule has 2 aromatic heterocycles. The van der Waals surface area contributed by atoms with Crippen molar-refractivity contribution in [2.75, 3.05) is 0 Å². The number of rotatable bonds is 2. The van der Waals surface area contributed by atoms with E-state index in [-0.39, 0.29) is 23.0 Å². The van der Waals surface area contributed by atoms with Crippen molar-refractivity contribution in [1.82, 2.24) is 14.5 Å². The van der Waals surface area contributed by atoms with Gasteiger partial charge in [0.05, 0.1) is 5.57 Å². The molecule has 6 heteroatoms. The highest BCUT2D eigenvalue weighted by atomic mass is 16.4. The molecule has 2 aromatic carbocycles. The van der Waals surface area contributed by atoms with Crippen LogP contribution in [0.4, 0.5) is 0 Å². The van der Waals surface area contributed by atoms with Crippen LogP contribution in [0.3, 0.4) is 0 Å². The quantitative estimate of drug-likeness (QED) is 0.381. The second kappa shape index (κ2) is 6.10. The molecule has 0 aliphatic heterocycles. The van der Waals surface area contributed by atoms with Crippen molar-refractivity contribution >= 4 is 29.0 Å². The molecule has 4 aromatic rings. The maximum atomic E-state index is 12.9. The Hall–Kier alpha value is -3.80. The van der Waals surface area contributed by atoms with Crippen LogP contribution in [-0.4, -0.2) is 26.1 Å². The van der Waals surface area contributed by atoms with E-state index in [2.05, 4.69) is 9.97 Å². The van der Waals surface area contributed by atoms with Crippen LogP contribution in [0.1, 0.15) is 37.7 Å². The normalized spacial score (nSPS) is 13.4. The number of hydrogen-bond acceptors (Lipinski definition) is 5. The number of benzene rings is 2. The molecular weight excluding hydrogens is 366 g/mol. The van der Waals surface area contributed by atoms with Gasteiger partial charge in [0, 0.05) is 29.8 Å². The molecule has 0 N–H and O–H groups in total. The van der Waals surface area contributed by atoms with Crippen LogP contribution in [0.25, 0.3) is 28.8 Å². The summed E-state index contributed by atoms with van der Waals surface area (Å²) in [6.45, 7) is 3.67. The Bertz CT molecular complexity index is 1310. The zero-order chi connectivity index (χ0) is 20.3. The summed E-state index contributed by atoms with van der Waals surface area (Å²) in [5.41, 5.74) is 4.47. The van der Waals surface area contributed by atoms with Gasteiger partial charge in [-0.2, -0.15) is 9.97 Å². The summed E-state index contributed by atoms with van der Waals surface area (Å²) in [5, 5.41) is 0. The first kappa shape index (κ1) is 17.3. The minimum Gasteiger partial charge on any atom is -0.417 e. The molecule has 29 heavy (non-hydrogen) atoms. The summed E-state index contributed by atoms with van der Waals surface area (Å²) in [6.07, 6.45) is 1.42. The van der Waals surface area contributed by atoms with E-state index in [1.54, 1.807) is 0 Å². The second-order valence-electron chi connectivity index (χ2n) is 7.21. The molecule has 1 aliphatic carbocycles. The highest BCUT2D eigenvalue weighted by Gasteiger charge is 2.36. The minimum absolute atomic E-state index is 0.0761. The van der Waals surface area contributed by atoms with Gasteiger partial charge in [-0.15, -0.1) is 0 Å². The van der Waals surface area contributed by atoms with E-state index in [0.717, 1.165) is 22.5 Å². The van der Waals surface area contributed by atoms with Gasteiger partial charge >= 0.3 is 0 Å². The highest BCUT2D eigenvalue weighted by molar-refractivity contribution is 6.42. The van der Waals surface area contributed by atoms with Crippen molar-refractivity contribution in [3.63, 3.8) is 0 Å². The van der Waals surface area contributed by atoms with Crippen molar-refractivity contribution in [3.05, 3.63) is 76.2 Å². The lowest BCUT2D eigenvalue weighted by atomic mass is 9.99. The van der Waals surface area contributed by atoms with E-state index >= 15 is 0 Å². The Labute approximate surface area is 166 Å². The monoisotopic (exact) mass is 383 g/mol. The van der Waals surface area contributed by atoms with Crippen LogP contribution < -0.4 is 0 Å². The van der Waals surface area contributed by atoms with Gasteiger partial charge in [-0.25, -0.2) is 0 Å². The van der Waals surface area contributed by atoms with E-state index in [4.69, 9.17) is 4.42 Å². The number of nitrogens with zero attached hydrogens (tertiary/aromatic N) is 3. The fraction of sp³-hybridized carbons (Fsp3) is 0.130.